The van der Waals surface area contributed by atoms with Crippen LogP contribution >= 0.6 is 0 Å². The maximum atomic E-state index is 12.3. The Labute approximate surface area is 111 Å². The summed E-state index contributed by atoms with van der Waals surface area (Å²) in [5, 5.41) is 6.43. The molecule has 1 aromatic rings. The van der Waals surface area contributed by atoms with Gasteiger partial charge in [0.1, 0.15) is 5.54 Å². The van der Waals surface area contributed by atoms with Crippen LogP contribution in [0.5, 0.6) is 0 Å². The van der Waals surface area contributed by atoms with Crippen molar-refractivity contribution >= 4 is 11.8 Å². The summed E-state index contributed by atoms with van der Waals surface area (Å²) >= 11 is 0. The van der Waals surface area contributed by atoms with Gasteiger partial charge in [-0.1, -0.05) is 12.1 Å². The highest BCUT2D eigenvalue weighted by molar-refractivity contribution is 5.97. The zero-order valence-corrected chi connectivity index (χ0v) is 11.4. The lowest BCUT2D eigenvalue weighted by molar-refractivity contribution is -0.149. The van der Waals surface area contributed by atoms with Gasteiger partial charge in [-0.05, 0) is 20.3 Å². The van der Waals surface area contributed by atoms with Gasteiger partial charge in [0.2, 0.25) is 17.7 Å². The highest BCUT2D eigenvalue weighted by Gasteiger charge is 2.41. The van der Waals surface area contributed by atoms with Crippen molar-refractivity contribution in [2.45, 2.75) is 39.2 Å². The van der Waals surface area contributed by atoms with Gasteiger partial charge in [-0.25, -0.2) is 0 Å². The van der Waals surface area contributed by atoms with Gasteiger partial charge in [0.25, 0.3) is 0 Å². The van der Waals surface area contributed by atoms with Crippen LogP contribution in [0, 0.1) is 6.92 Å². The Morgan fingerprint density at radius 2 is 2.21 bits per heavy atom. The van der Waals surface area contributed by atoms with Crippen LogP contribution in [0.2, 0.25) is 0 Å². The van der Waals surface area contributed by atoms with E-state index >= 15 is 0 Å². The van der Waals surface area contributed by atoms with Gasteiger partial charge >= 0.3 is 0 Å². The van der Waals surface area contributed by atoms with Crippen molar-refractivity contribution in [3.05, 3.63) is 11.7 Å². The quantitative estimate of drug-likeness (QED) is 0.831. The number of nitrogens with one attached hydrogen (secondary N) is 1. The lowest BCUT2D eigenvalue weighted by Crippen LogP contribution is -2.65. The Kier molecular flexibility index (Phi) is 3.55. The molecule has 0 bridgehead atoms. The molecule has 104 valence electrons. The van der Waals surface area contributed by atoms with Crippen LogP contribution in [0.4, 0.5) is 0 Å². The summed E-state index contributed by atoms with van der Waals surface area (Å²) in [5.74, 6) is 0.849. The average molecular weight is 266 g/mol. The Bertz CT molecular complexity index is 499. The predicted molar refractivity (Wildman–Crippen MR) is 66.2 cm³/mol. The van der Waals surface area contributed by atoms with Crippen molar-refractivity contribution < 1.29 is 14.1 Å². The summed E-state index contributed by atoms with van der Waals surface area (Å²) < 4.78 is 5.00. The first-order valence-corrected chi connectivity index (χ1v) is 6.34. The molecule has 2 amide bonds. The number of rotatable bonds is 4. The third-order valence-corrected chi connectivity index (χ3v) is 3.38. The molecule has 0 spiro atoms. The largest absolute Gasteiger partial charge is 0.340 e. The zero-order chi connectivity index (χ0) is 14.0. The van der Waals surface area contributed by atoms with Gasteiger partial charge in [0.15, 0.2) is 5.82 Å². The van der Waals surface area contributed by atoms with Gasteiger partial charge in [0, 0.05) is 13.0 Å². The fourth-order valence-corrected chi connectivity index (χ4v) is 2.09. The minimum Gasteiger partial charge on any atom is -0.340 e. The third kappa shape index (κ3) is 2.74. The predicted octanol–water partition coefficient (Wildman–Crippen LogP) is 0.0476. The molecule has 1 N–H and O–H groups in total. The van der Waals surface area contributed by atoms with Crippen LogP contribution in [-0.2, 0) is 16.0 Å². The van der Waals surface area contributed by atoms with E-state index in [0.29, 0.717) is 31.1 Å². The van der Waals surface area contributed by atoms with E-state index in [1.165, 1.54) is 0 Å². The third-order valence-electron chi connectivity index (χ3n) is 3.38. The van der Waals surface area contributed by atoms with Crippen molar-refractivity contribution in [3.63, 3.8) is 0 Å². The van der Waals surface area contributed by atoms with Crippen LogP contribution in [-0.4, -0.2) is 45.5 Å². The zero-order valence-electron chi connectivity index (χ0n) is 11.4. The van der Waals surface area contributed by atoms with Gasteiger partial charge < -0.3 is 14.7 Å². The molecule has 0 aromatic carbocycles. The molecule has 1 atom stereocenters. The molecular weight excluding hydrogens is 248 g/mol. The molecule has 7 heteroatoms. The maximum Gasteiger partial charge on any atom is 0.248 e. The van der Waals surface area contributed by atoms with E-state index in [9.17, 15) is 9.59 Å². The first-order valence-electron chi connectivity index (χ1n) is 6.34. The van der Waals surface area contributed by atoms with Crippen molar-refractivity contribution in [1.82, 2.24) is 20.4 Å². The number of carbonyl (C=O) groups is 2. The number of nitrogens with zero attached hydrogens (tertiary/aromatic N) is 3. The Morgan fingerprint density at radius 1 is 1.47 bits per heavy atom. The van der Waals surface area contributed by atoms with Crippen molar-refractivity contribution in [3.8, 4) is 0 Å². The molecule has 0 aliphatic carbocycles. The number of piperazine rings is 1. The van der Waals surface area contributed by atoms with Crippen LogP contribution < -0.4 is 5.32 Å². The molecule has 1 aliphatic rings. The standard InChI is InChI=1S/C12H18N4O3/c1-4-12(3)11(18)16(7-9(17)14-12)6-5-10-13-8(2)15-19-10/h4-7H2,1-3H3,(H,14,17). The first-order chi connectivity index (χ1) is 8.94. The minimum atomic E-state index is -0.805. The van der Waals surface area contributed by atoms with Crippen LogP contribution in [0.25, 0.3) is 0 Å². The van der Waals surface area contributed by atoms with Crippen molar-refractivity contribution in [2.24, 2.45) is 0 Å². The summed E-state index contributed by atoms with van der Waals surface area (Å²) in [6.45, 7) is 5.85. The second-order valence-corrected chi connectivity index (χ2v) is 4.95. The van der Waals surface area contributed by atoms with E-state index in [4.69, 9.17) is 4.52 Å². The van der Waals surface area contributed by atoms with Crippen LogP contribution in [0.3, 0.4) is 0 Å². The highest BCUT2D eigenvalue weighted by atomic mass is 16.5. The molecule has 1 unspecified atom stereocenters. The molecule has 0 radical (unpaired) electrons. The fraction of sp³-hybridized carbons (Fsp3) is 0.667. The molecule has 2 heterocycles. The number of aryl methyl sites for hydroxylation is 1. The number of amides is 2. The molecular formula is C12H18N4O3. The first kappa shape index (κ1) is 13.5. The van der Waals surface area contributed by atoms with E-state index in [1.54, 1.807) is 18.7 Å². The van der Waals surface area contributed by atoms with Crippen LogP contribution in [0.15, 0.2) is 4.52 Å². The summed E-state index contributed by atoms with van der Waals surface area (Å²) in [6, 6.07) is 0. The SMILES string of the molecule is CCC1(C)NC(=O)CN(CCc2nc(C)no2)C1=O. The van der Waals surface area contributed by atoms with E-state index in [0.717, 1.165) is 0 Å². The molecule has 1 fully saturated rings. The van der Waals surface area contributed by atoms with Gasteiger partial charge in [-0.3, -0.25) is 9.59 Å². The average Bonchev–Trinajstić information content (AvgIpc) is 2.78. The van der Waals surface area contributed by atoms with Gasteiger partial charge in [-0.15, -0.1) is 0 Å². The molecule has 1 aromatic heterocycles. The van der Waals surface area contributed by atoms with E-state index in [2.05, 4.69) is 15.5 Å². The molecule has 0 saturated carbocycles. The van der Waals surface area contributed by atoms with E-state index in [1.807, 2.05) is 6.92 Å². The molecule has 19 heavy (non-hydrogen) atoms. The Morgan fingerprint density at radius 3 is 2.79 bits per heavy atom. The normalized spacial score (nSPS) is 23.6. The minimum absolute atomic E-state index is 0.0640. The molecule has 2 rings (SSSR count). The fourth-order valence-electron chi connectivity index (χ4n) is 2.09. The van der Waals surface area contributed by atoms with E-state index < -0.39 is 5.54 Å². The van der Waals surface area contributed by atoms with Crippen LogP contribution in [0.1, 0.15) is 32.0 Å². The smallest absolute Gasteiger partial charge is 0.248 e. The molecule has 1 aliphatic heterocycles. The molecule has 1 saturated heterocycles. The summed E-state index contributed by atoms with van der Waals surface area (Å²) in [4.78, 5) is 29.6. The van der Waals surface area contributed by atoms with Crippen molar-refractivity contribution in [1.29, 1.82) is 0 Å². The maximum absolute atomic E-state index is 12.3. The van der Waals surface area contributed by atoms with Gasteiger partial charge in [-0.2, -0.15) is 4.98 Å². The second-order valence-electron chi connectivity index (χ2n) is 4.95. The Balaban J connectivity index is 2.02. The van der Waals surface area contributed by atoms with Crippen molar-refractivity contribution in [2.75, 3.05) is 13.1 Å². The topological polar surface area (TPSA) is 88.3 Å². The number of aromatic nitrogens is 2. The lowest BCUT2D eigenvalue weighted by atomic mass is 9.94. The number of hydrogen-bond acceptors (Lipinski definition) is 5. The number of carbonyl (C=O) groups excluding carboxylic acids is 2. The summed E-state index contributed by atoms with van der Waals surface area (Å²) in [5.41, 5.74) is -0.805. The number of hydrogen-bond donors (Lipinski definition) is 1. The van der Waals surface area contributed by atoms with E-state index in [-0.39, 0.29) is 18.4 Å². The summed E-state index contributed by atoms with van der Waals surface area (Å²) in [6.07, 6.45) is 1.02. The Hall–Kier alpha value is -1.92. The molecule has 7 nitrogen and oxygen atoms in total. The van der Waals surface area contributed by atoms with Gasteiger partial charge in [0.05, 0.1) is 6.54 Å². The lowest BCUT2D eigenvalue weighted by Gasteiger charge is -2.39. The summed E-state index contributed by atoms with van der Waals surface area (Å²) in [7, 11) is 0. The second kappa shape index (κ2) is 4.99. The monoisotopic (exact) mass is 266 g/mol. The highest BCUT2D eigenvalue weighted by Crippen LogP contribution is 2.17.